The third-order valence-electron chi connectivity index (χ3n) is 3.24. The third-order valence-corrected chi connectivity index (χ3v) is 3.24. The molecule has 0 spiro atoms. The van der Waals surface area contributed by atoms with Gasteiger partial charge in [-0.2, -0.15) is 0 Å². The van der Waals surface area contributed by atoms with Crippen molar-refractivity contribution in [3.8, 4) is 0 Å². The topological polar surface area (TPSA) is 29.5 Å². The zero-order valence-electron chi connectivity index (χ0n) is 8.34. The van der Waals surface area contributed by atoms with Crippen LogP contribution in [-0.2, 0) is 4.89 Å². The van der Waals surface area contributed by atoms with Crippen LogP contribution in [0.3, 0.4) is 0 Å². The van der Waals surface area contributed by atoms with E-state index < -0.39 is 0 Å². The molecule has 1 N–H and O–H groups in total. The molecule has 0 bridgehead atoms. The van der Waals surface area contributed by atoms with E-state index in [2.05, 4.69) is 11.8 Å². The van der Waals surface area contributed by atoms with Crippen LogP contribution in [0.5, 0.6) is 0 Å². The average Bonchev–Trinajstić information content (AvgIpc) is 2.05. The van der Waals surface area contributed by atoms with Crippen molar-refractivity contribution < 1.29 is 10.1 Å². The fourth-order valence-corrected chi connectivity index (χ4v) is 2.42. The zero-order valence-corrected chi connectivity index (χ0v) is 8.34. The lowest BCUT2D eigenvalue weighted by molar-refractivity contribution is -0.332. The minimum Gasteiger partial charge on any atom is -0.251 e. The highest BCUT2D eigenvalue weighted by Crippen LogP contribution is 2.38. The van der Waals surface area contributed by atoms with Crippen LogP contribution in [0.25, 0.3) is 0 Å². The van der Waals surface area contributed by atoms with E-state index in [1.54, 1.807) is 0 Å². The fourth-order valence-electron chi connectivity index (χ4n) is 2.42. The van der Waals surface area contributed by atoms with Crippen LogP contribution in [0.1, 0.15) is 46.5 Å². The summed E-state index contributed by atoms with van der Waals surface area (Å²) < 4.78 is 0. The van der Waals surface area contributed by atoms with Gasteiger partial charge in [-0.1, -0.05) is 26.2 Å². The highest BCUT2D eigenvalue weighted by molar-refractivity contribution is 4.84. The molecule has 0 aromatic heterocycles. The quantitative estimate of drug-likeness (QED) is 0.512. The second kappa shape index (κ2) is 3.75. The Morgan fingerprint density at radius 3 is 2.33 bits per heavy atom. The number of hydrogen-bond acceptors (Lipinski definition) is 2. The molecule has 1 aliphatic carbocycles. The highest BCUT2D eigenvalue weighted by Gasteiger charge is 2.36. The maximum absolute atomic E-state index is 8.76. The lowest BCUT2D eigenvalue weighted by Gasteiger charge is -2.38. The third kappa shape index (κ3) is 1.99. The van der Waals surface area contributed by atoms with Crippen LogP contribution in [0, 0.1) is 11.8 Å². The molecular formula is C10H20O2. The lowest BCUT2D eigenvalue weighted by atomic mass is 9.72. The fraction of sp³-hybridized carbons (Fsp3) is 1.00. The summed E-state index contributed by atoms with van der Waals surface area (Å²) in [6, 6.07) is 0. The van der Waals surface area contributed by atoms with Gasteiger partial charge in [0.15, 0.2) is 0 Å². The van der Waals surface area contributed by atoms with Gasteiger partial charge in [0, 0.05) is 0 Å². The molecule has 1 aliphatic rings. The van der Waals surface area contributed by atoms with Crippen molar-refractivity contribution >= 4 is 0 Å². The van der Waals surface area contributed by atoms with Gasteiger partial charge in [0.1, 0.15) is 5.60 Å². The Balaban J connectivity index is 2.58. The minimum atomic E-state index is -0.361. The Hall–Kier alpha value is -0.0800. The van der Waals surface area contributed by atoms with Crippen molar-refractivity contribution in [2.75, 3.05) is 0 Å². The Morgan fingerprint density at radius 1 is 1.25 bits per heavy atom. The summed E-state index contributed by atoms with van der Waals surface area (Å²) in [5, 5.41) is 8.76. The maximum Gasteiger partial charge on any atom is 0.101 e. The SMILES string of the molecule is CC1CCCCC1C(C)(C)OO. The summed E-state index contributed by atoms with van der Waals surface area (Å²) in [5.74, 6) is 1.19. The molecule has 0 radical (unpaired) electrons. The summed E-state index contributed by atoms with van der Waals surface area (Å²) in [6.07, 6.45) is 5.08. The second-order valence-electron chi connectivity index (χ2n) is 4.56. The summed E-state index contributed by atoms with van der Waals surface area (Å²) >= 11 is 0. The molecule has 2 atom stereocenters. The molecule has 1 rings (SSSR count). The highest BCUT2D eigenvalue weighted by atomic mass is 17.1. The molecule has 1 saturated carbocycles. The van der Waals surface area contributed by atoms with Crippen molar-refractivity contribution in [1.82, 2.24) is 0 Å². The van der Waals surface area contributed by atoms with Crippen LogP contribution in [-0.4, -0.2) is 10.9 Å². The molecule has 0 amide bonds. The van der Waals surface area contributed by atoms with Gasteiger partial charge >= 0.3 is 0 Å². The summed E-state index contributed by atoms with van der Waals surface area (Å²) in [7, 11) is 0. The summed E-state index contributed by atoms with van der Waals surface area (Å²) in [5.41, 5.74) is -0.361. The second-order valence-corrected chi connectivity index (χ2v) is 4.56. The molecule has 0 aliphatic heterocycles. The molecule has 0 saturated heterocycles. The van der Waals surface area contributed by atoms with Gasteiger partial charge in [0.25, 0.3) is 0 Å². The molecule has 0 aromatic carbocycles. The van der Waals surface area contributed by atoms with Crippen LogP contribution in [0.2, 0.25) is 0 Å². The van der Waals surface area contributed by atoms with Gasteiger partial charge < -0.3 is 0 Å². The predicted molar refractivity (Wildman–Crippen MR) is 48.9 cm³/mol. The van der Waals surface area contributed by atoms with E-state index >= 15 is 0 Å². The molecule has 72 valence electrons. The van der Waals surface area contributed by atoms with E-state index in [1.807, 2.05) is 13.8 Å². The van der Waals surface area contributed by atoms with Crippen LogP contribution in [0.15, 0.2) is 0 Å². The van der Waals surface area contributed by atoms with Crippen molar-refractivity contribution in [3.63, 3.8) is 0 Å². The first-order valence-corrected chi connectivity index (χ1v) is 4.90. The Labute approximate surface area is 74.9 Å². The smallest absolute Gasteiger partial charge is 0.101 e. The molecule has 0 aromatic rings. The lowest BCUT2D eigenvalue weighted by Crippen LogP contribution is -2.39. The van der Waals surface area contributed by atoms with Crippen molar-refractivity contribution in [2.45, 2.75) is 52.1 Å². The normalized spacial score (nSPS) is 32.0. The van der Waals surface area contributed by atoms with E-state index in [-0.39, 0.29) is 5.60 Å². The summed E-state index contributed by atoms with van der Waals surface area (Å²) in [6.45, 7) is 6.20. The van der Waals surface area contributed by atoms with E-state index in [0.29, 0.717) is 11.8 Å². The maximum atomic E-state index is 8.76. The van der Waals surface area contributed by atoms with E-state index in [9.17, 15) is 0 Å². The average molecular weight is 172 g/mol. The van der Waals surface area contributed by atoms with E-state index in [4.69, 9.17) is 5.26 Å². The van der Waals surface area contributed by atoms with Crippen LogP contribution >= 0.6 is 0 Å². The van der Waals surface area contributed by atoms with Gasteiger partial charge in [0.2, 0.25) is 0 Å². The van der Waals surface area contributed by atoms with Crippen LogP contribution in [0.4, 0.5) is 0 Å². The number of rotatable bonds is 2. The molecule has 2 nitrogen and oxygen atoms in total. The molecule has 0 heterocycles. The van der Waals surface area contributed by atoms with Gasteiger partial charge in [0.05, 0.1) is 0 Å². The van der Waals surface area contributed by atoms with Crippen molar-refractivity contribution in [1.29, 1.82) is 0 Å². The van der Waals surface area contributed by atoms with Crippen LogP contribution < -0.4 is 0 Å². The van der Waals surface area contributed by atoms with Gasteiger partial charge in [-0.3, -0.25) is 5.26 Å². The predicted octanol–water partition coefficient (Wildman–Crippen LogP) is 3.08. The Morgan fingerprint density at radius 2 is 1.83 bits per heavy atom. The van der Waals surface area contributed by atoms with Gasteiger partial charge in [-0.15, -0.1) is 0 Å². The molecule has 1 fully saturated rings. The zero-order chi connectivity index (χ0) is 9.19. The van der Waals surface area contributed by atoms with Gasteiger partial charge in [-0.25, -0.2) is 4.89 Å². The minimum absolute atomic E-state index is 0.361. The summed E-state index contributed by atoms with van der Waals surface area (Å²) in [4.78, 5) is 4.55. The first-order chi connectivity index (χ1) is 5.58. The molecule has 2 heteroatoms. The number of hydrogen-bond donors (Lipinski definition) is 1. The molecular weight excluding hydrogens is 152 g/mol. The Kier molecular flexibility index (Phi) is 3.13. The molecule has 12 heavy (non-hydrogen) atoms. The monoisotopic (exact) mass is 172 g/mol. The van der Waals surface area contributed by atoms with Gasteiger partial charge in [-0.05, 0) is 32.1 Å². The first-order valence-electron chi connectivity index (χ1n) is 4.90. The largest absolute Gasteiger partial charge is 0.251 e. The molecule has 2 unspecified atom stereocenters. The standard InChI is InChI=1S/C10H20O2/c1-8-6-4-5-7-9(8)10(2,3)12-11/h8-9,11H,4-7H2,1-3H3. The van der Waals surface area contributed by atoms with E-state index in [0.717, 1.165) is 0 Å². The van der Waals surface area contributed by atoms with Crippen molar-refractivity contribution in [2.24, 2.45) is 11.8 Å². The van der Waals surface area contributed by atoms with E-state index in [1.165, 1.54) is 25.7 Å². The van der Waals surface area contributed by atoms with Crippen molar-refractivity contribution in [3.05, 3.63) is 0 Å². The first kappa shape index (κ1) is 10.0. The Bertz CT molecular complexity index is 143.